The predicted octanol–water partition coefficient (Wildman–Crippen LogP) is 5.83. The van der Waals surface area contributed by atoms with Gasteiger partial charge in [-0.2, -0.15) is 0 Å². The van der Waals surface area contributed by atoms with Gasteiger partial charge in [0.15, 0.2) is 0 Å². The summed E-state index contributed by atoms with van der Waals surface area (Å²) in [5.74, 6) is 0. The molecule has 4 rings (SSSR count). The Morgan fingerprint density at radius 2 is 1.62 bits per heavy atom. The predicted molar refractivity (Wildman–Crippen MR) is 92.6 cm³/mol. The highest BCUT2D eigenvalue weighted by atomic mass is 14.2. The van der Waals surface area contributed by atoms with Gasteiger partial charge in [0.05, 0.1) is 0 Å². The number of hydrogen-bond donors (Lipinski definition) is 0. The van der Waals surface area contributed by atoms with Crippen LogP contribution in [0.5, 0.6) is 0 Å². The highest BCUT2D eigenvalue weighted by Crippen LogP contribution is 2.38. The second-order valence-corrected chi connectivity index (χ2v) is 5.96. The topological polar surface area (TPSA) is 0 Å². The molecule has 0 bridgehead atoms. The van der Waals surface area contributed by atoms with Crippen molar-refractivity contribution in [1.29, 1.82) is 0 Å². The van der Waals surface area contributed by atoms with E-state index in [9.17, 15) is 0 Å². The molecular formula is C21H24. The first kappa shape index (κ1) is 14.1. The summed E-state index contributed by atoms with van der Waals surface area (Å²) < 4.78 is 0. The minimum Gasteiger partial charge on any atom is -0.0836 e. The third-order valence-corrected chi connectivity index (χ3v) is 4.28. The standard InChI is InChI=1S/C18H16.C3H8/c1-3-7-15-13(5-1)9-11-18-16-8-4-2-6-14(16)10-12-17(15)18;1-3-2/h1-3,5-7,10,12H,4,8-9,11H2;3H2,1-2H3. The van der Waals surface area contributed by atoms with Crippen molar-refractivity contribution in [2.45, 2.75) is 46.0 Å². The van der Waals surface area contributed by atoms with Crippen LogP contribution in [-0.2, 0) is 19.3 Å². The lowest BCUT2D eigenvalue weighted by Crippen LogP contribution is -2.09. The molecule has 2 aromatic carbocycles. The fraction of sp³-hybridized carbons (Fsp3) is 0.333. The Hall–Kier alpha value is -1.82. The van der Waals surface area contributed by atoms with Crippen LogP contribution in [0.1, 0.15) is 48.9 Å². The summed E-state index contributed by atoms with van der Waals surface area (Å²) in [6, 6.07) is 13.5. The summed E-state index contributed by atoms with van der Waals surface area (Å²) in [5, 5.41) is 0. The van der Waals surface area contributed by atoms with Gasteiger partial charge in [-0.25, -0.2) is 0 Å². The van der Waals surface area contributed by atoms with Crippen molar-refractivity contribution in [3.63, 3.8) is 0 Å². The van der Waals surface area contributed by atoms with Gasteiger partial charge >= 0.3 is 0 Å². The third-order valence-electron chi connectivity index (χ3n) is 4.28. The Kier molecular flexibility index (Phi) is 4.24. The first-order valence-electron chi connectivity index (χ1n) is 8.24. The van der Waals surface area contributed by atoms with E-state index in [4.69, 9.17) is 0 Å². The van der Waals surface area contributed by atoms with E-state index in [0.29, 0.717) is 0 Å². The number of fused-ring (bicyclic) bond motifs is 5. The van der Waals surface area contributed by atoms with Crippen molar-refractivity contribution < 1.29 is 0 Å². The highest BCUT2D eigenvalue weighted by Gasteiger charge is 2.20. The molecular weight excluding hydrogens is 252 g/mol. The molecule has 0 heterocycles. The minimum absolute atomic E-state index is 1.20. The van der Waals surface area contributed by atoms with E-state index in [0.717, 1.165) is 0 Å². The fourth-order valence-corrected chi connectivity index (χ4v) is 3.40. The fourth-order valence-electron chi connectivity index (χ4n) is 3.40. The Balaban J connectivity index is 0.000000409. The van der Waals surface area contributed by atoms with Crippen molar-refractivity contribution in [3.05, 3.63) is 64.7 Å². The molecule has 2 aliphatic carbocycles. The quantitative estimate of drug-likeness (QED) is 0.568. The molecule has 0 N–H and O–H groups in total. The van der Waals surface area contributed by atoms with Crippen LogP contribution in [0.25, 0.3) is 17.2 Å². The zero-order chi connectivity index (χ0) is 14.7. The molecule has 0 atom stereocenters. The summed E-state index contributed by atoms with van der Waals surface area (Å²) in [6.45, 7) is 4.25. The molecule has 21 heavy (non-hydrogen) atoms. The van der Waals surface area contributed by atoms with Crippen molar-refractivity contribution in [2.24, 2.45) is 0 Å². The molecule has 0 heteroatoms. The van der Waals surface area contributed by atoms with Gasteiger partial charge in [-0.3, -0.25) is 0 Å². The maximum atomic E-state index is 2.32. The van der Waals surface area contributed by atoms with Crippen LogP contribution in [0.2, 0.25) is 0 Å². The first-order valence-corrected chi connectivity index (χ1v) is 8.24. The zero-order valence-electron chi connectivity index (χ0n) is 13.2. The van der Waals surface area contributed by atoms with Crippen molar-refractivity contribution in [1.82, 2.24) is 0 Å². The normalized spacial score (nSPS) is 14.4. The Morgan fingerprint density at radius 1 is 0.810 bits per heavy atom. The van der Waals surface area contributed by atoms with Gasteiger partial charge < -0.3 is 0 Å². The van der Waals surface area contributed by atoms with Gasteiger partial charge in [-0.15, -0.1) is 0 Å². The second-order valence-electron chi connectivity index (χ2n) is 5.96. The van der Waals surface area contributed by atoms with Crippen molar-refractivity contribution in [2.75, 3.05) is 0 Å². The van der Waals surface area contributed by atoms with Crippen LogP contribution in [0.3, 0.4) is 0 Å². The van der Waals surface area contributed by atoms with Gasteiger partial charge in [-0.1, -0.05) is 68.8 Å². The average Bonchev–Trinajstić information content (AvgIpc) is 2.55. The average molecular weight is 276 g/mol. The van der Waals surface area contributed by atoms with Crippen LogP contribution in [-0.4, -0.2) is 0 Å². The highest BCUT2D eigenvalue weighted by molar-refractivity contribution is 5.77. The van der Waals surface area contributed by atoms with E-state index in [1.165, 1.54) is 54.4 Å². The molecule has 0 aromatic heterocycles. The molecule has 0 unspecified atom stereocenters. The molecule has 0 radical (unpaired) electrons. The SMILES string of the molecule is C1=Cc2ccc3c(c2CC1)CCc1ccccc1-3.CCC. The zero-order valence-corrected chi connectivity index (χ0v) is 13.2. The van der Waals surface area contributed by atoms with E-state index >= 15 is 0 Å². The Morgan fingerprint density at radius 3 is 2.48 bits per heavy atom. The monoisotopic (exact) mass is 276 g/mol. The van der Waals surface area contributed by atoms with Gasteiger partial charge in [0.1, 0.15) is 0 Å². The van der Waals surface area contributed by atoms with Gasteiger partial charge in [0.2, 0.25) is 0 Å². The van der Waals surface area contributed by atoms with Crippen LogP contribution in [0.4, 0.5) is 0 Å². The number of rotatable bonds is 0. The Labute approximate surface area is 128 Å². The molecule has 0 spiro atoms. The lowest BCUT2D eigenvalue weighted by Gasteiger charge is -2.25. The van der Waals surface area contributed by atoms with E-state index in [2.05, 4.69) is 62.4 Å². The van der Waals surface area contributed by atoms with Crippen LogP contribution >= 0.6 is 0 Å². The maximum Gasteiger partial charge on any atom is -0.0146 e. The Bertz CT molecular complexity index is 662. The number of aryl methyl sites for hydroxylation is 1. The smallest absolute Gasteiger partial charge is 0.0146 e. The van der Waals surface area contributed by atoms with Crippen molar-refractivity contribution >= 4 is 6.08 Å². The van der Waals surface area contributed by atoms with E-state index in [1.54, 1.807) is 11.1 Å². The molecule has 2 aromatic rings. The van der Waals surface area contributed by atoms with Crippen molar-refractivity contribution in [3.8, 4) is 11.1 Å². The van der Waals surface area contributed by atoms with E-state index in [-0.39, 0.29) is 0 Å². The first-order chi connectivity index (χ1) is 10.3. The van der Waals surface area contributed by atoms with Crippen LogP contribution in [0.15, 0.2) is 42.5 Å². The third kappa shape index (κ3) is 2.68. The summed E-state index contributed by atoms with van der Waals surface area (Å²) >= 11 is 0. The summed E-state index contributed by atoms with van der Waals surface area (Å²) in [7, 11) is 0. The molecule has 0 aliphatic heterocycles. The van der Waals surface area contributed by atoms with Gasteiger partial charge in [-0.05, 0) is 59.1 Å². The molecule has 0 saturated heterocycles. The largest absolute Gasteiger partial charge is 0.0836 e. The number of allylic oxidation sites excluding steroid dienone is 1. The molecule has 0 fully saturated rings. The molecule has 0 nitrogen and oxygen atoms in total. The summed E-state index contributed by atoms with van der Waals surface area (Å²) in [4.78, 5) is 0. The molecule has 2 aliphatic rings. The lowest BCUT2D eigenvalue weighted by atomic mass is 9.80. The number of hydrogen-bond acceptors (Lipinski definition) is 0. The van der Waals surface area contributed by atoms with Crippen LogP contribution < -0.4 is 0 Å². The van der Waals surface area contributed by atoms with Crippen LogP contribution in [0, 0.1) is 0 Å². The molecule has 108 valence electrons. The lowest BCUT2D eigenvalue weighted by molar-refractivity contribution is 0.887. The minimum atomic E-state index is 1.20. The maximum absolute atomic E-state index is 2.32. The summed E-state index contributed by atoms with van der Waals surface area (Å²) in [5.41, 5.74) is 9.10. The molecule has 0 saturated carbocycles. The van der Waals surface area contributed by atoms with E-state index in [1.807, 2.05) is 0 Å². The molecule has 0 amide bonds. The van der Waals surface area contributed by atoms with E-state index < -0.39 is 0 Å². The number of benzene rings is 2. The second kappa shape index (κ2) is 6.30. The van der Waals surface area contributed by atoms with Gasteiger partial charge in [0.25, 0.3) is 0 Å². The van der Waals surface area contributed by atoms with Gasteiger partial charge in [0, 0.05) is 0 Å². The summed E-state index contributed by atoms with van der Waals surface area (Å²) in [6.07, 6.45) is 10.7.